The van der Waals surface area contributed by atoms with Crippen molar-refractivity contribution in [2.75, 3.05) is 18.6 Å². The Morgan fingerprint density at radius 1 is 1.30 bits per heavy atom. The van der Waals surface area contributed by atoms with E-state index in [-0.39, 0.29) is 11.7 Å². The van der Waals surface area contributed by atoms with Gasteiger partial charge in [0.05, 0.1) is 0 Å². The Kier molecular flexibility index (Phi) is 4.43. The summed E-state index contributed by atoms with van der Waals surface area (Å²) in [6.45, 7) is 0.981. The molecule has 3 rings (SSSR count). The second kappa shape index (κ2) is 6.66. The number of hydrogen-bond acceptors (Lipinski definition) is 5. The Balaban J connectivity index is 1.72. The number of benzene rings is 1. The molecule has 0 unspecified atom stereocenters. The van der Waals surface area contributed by atoms with E-state index in [9.17, 15) is 9.59 Å². The van der Waals surface area contributed by atoms with Crippen molar-refractivity contribution < 1.29 is 23.5 Å². The van der Waals surface area contributed by atoms with Crippen LogP contribution in [0.4, 0.5) is 5.69 Å². The molecule has 0 bridgehead atoms. The monoisotopic (exact) mass is 315 g/mol. The van der Waals surface area contributed by atoms with Gasteiger partial charge in [-0.1, -0.05) is 6.07 Å². The molecule has 1 aliphatic rings. The van der Waals surface area contributed by atoms with Gasteiger partial charge in [-0.05, 0) is 30.7 Å². The summed E-state index contributed by atoms with van der Waals surface area (Å²) >= 11 is 0. The van der Waals surface area contributed by atoms with Gasteiger partial charge in [-0.3, -0.25) is 4.79 Å². The van der Waals surface area contributed by atoms with Gasteiger partial charge in [-0.25, -0.2) is 4.79 Å². The summed E-state index contributed by atoms with van der Waals surface area (Å²) in [5.74, 6) is 0.536. The van der Waals surface area contributed by atoms with Crippen molar-refractivity contribution in [3.05, 3.63) is 47.9 Å². The summed E-state index contributed by atoms with van der Waals surface area (Å²) in [6.07, 6.45) is 1.40. The van der Waals surface area contributed by atoms with Crippen LogP contribution < -0.4 is 9.64 Å². The molecule has 0 spiro atoms. The maximum absolute atomic E-state index is 12.1. The molecule has 1 aromatic carbocycles. The quantitative estimate of drug-likeness (QED) is 0.627. The molecule has 2 heterocycles. The van der Waals surface area contributed by atoms with E-state index in [1.807, 2.05) is 6.07 Å². The van der Waals surface area contributed by atoms with Gasteiger partial charge < -0.3 is 18.8 Å². The van der Waals surface area contributed by atoms with Crippen LogP contribution in [0.15, 0.2) is 40.8 Å². The molecular formula is C17H17NO5. The molecule has 2 aromatic rings. The lowest BCUT2D eigenvalue weighted by molar-refractivity contribution is -0.117. The molecule has 120 valence electrons. The Labute approximate surface area is 133 Å². The van der Waals surface area contributed by atoms with Crippen LogP contribution in [-0.4, -0.2) is 25.5 Å². The predicted molar refractivity (Wildman–Crippen MR) is 82.4 cm³/mol. The first-order valence-corrected chi connectivity index (χ1v) is 7.37. The highest BCUT2D eigenvalue weighted by Crippen LogP contribution is 2.26. The minimum Gasteiger partial charge on any atom is -0.452 e. The first-order valence-electron chi connectivity index (χ1n) is 7.37. The zero-order chi connectivity index (χ0) is 16.2. The molecule has 0 saturated carbocycles. The summed E-state index contributed by atoms with van der Waals surface area (Å²) in [5.41, 5.74) is 0.734. The molecule has 23 heavy (non-hydrogen) atoms. The van der Waals surface area contributed by atoms with E-state index in [0.29, 0.717) is 31.1 Å². The number of nitrogens with zero attached hydrogens (tertiary/aromatic N) is 1. The Morgan fingerprint density at radius 3 is 2.91 bits per heavy atom. The zero-order valence-corrected chi connectivity index (χ0v) is 12.8. The number of carbonyl (C=O) groups is 2. The fourth-order valence-electron chi connectivity index (χ4n) is 2.50. The highest BCUT2D eigenvalue weighted by molar-refractivity contribution is 5.95. The molecular weight excluding hydrogens is 298 g/mol. The van der Waals surface area contributed by atoms with Gasteiger partial charge in [0.25, 0.3) is 0 Å². The Bertz CT molecular complexity index is 721. The Hall–Kier alpha value is -2.60. The minimum absolute atomic E-state index is 0.0868. The van der Waals surface area contributed by atoms with Crippen molar-refractivity contribution in [3.63, 3.8) is 0 Å². The zero-order valence-electron chi connectivity index (χ0n) is 12.8. The van der Waals surface area contributed by atoms with Gasteiger partial charge >= 0.3 is 5.97 Å². The van der Waals surface area contributed by atoms with Crippen molar-refractivity contribution >= 4 is 17.6 Å². The van der Waals surface area contributed by atoms with Crippen LogP contribution in [0.1, 0.15) is 29.2 Å². The normalized spacial score (nSPS) is 14.3. The second-order valence-corrected chi connectivity index (χ2v) is 5.23. The highest BCUT2D eigenvalue weighted by atomic mass is 16.5. The van der Waals surface area contributed by atoms with Crippen molar-refractivity contribution in [1.82, 2.24) is 0 Å². The number of methoxy groups -OCH3 is 1. The van der Waals surface area contributed by atoms with Gasteiger partial charge in [-0.15, -0.1) is 0 Å². The lowest BCUT2D eigenvalue weighted by atomic mass is 10.3. The minimum atomic E-state index is -0.586. The number of anilines is 1. The lowest BCUT2D eigenvalue weighted by Gasteiger charge is -2.16. The fraction of sp³-hybridized carbons (Fsp3) is 0.294. The first kappa shape index (κ1) is 15.3. The van der Waals surface area contributed by atoms with Crippen LogP contribution in [0.2, 0.25) is 0 Å². The van der Waals surface area contributed by atoms with Crippen LogP contribution in [-0.2, 0) is 16.1 Å². The van der Waals surface area contributed by atoms with E-state index < -0.39 is 5.97 Å². The van der Waals surface area contributed by atoms with Crippen LogP contribution in [0, 0.1) is 0 Å². The maximum atomic E-state index is 12.1. The molecule has 1 amide bonds. The largest absolute Gasteiger partial charge is 0.452 e. The summed E-state index contributed by atoms with van der Waals surface area (Å²) in [7, 11) is 1.55. The van der Waals surface area contributed by atoms with E-state index in [2.05, 4.69) is 0 Å². The van der Waals surface area contributed by atoms with Crippen molar-refractivity contribution in [3.8, 4) is 5.75 Å². The van der Waals surface area contributed by atoms with Gasteiger partial charge in [0.2, 0.25) is 11.7 Å². The number of ether oxygens (including phenoxy) is 2. The lowest BCUT2D eigenvalue weighted by Crippen LogP contribution is -2.23. The third-order valence-corrected chi connectivity index (χ3v) is 3.56. The van der Waals surface area contributed by atoms with E-state index in [1.165, 1.54) is 0 Å². The molecule has 1 aliphatic heterocycles. The standard InChI is InChI=1S/C17H17NO5/c1-21-11-14-7-8-15(22-14)17(20)23-13-5-2-4-12(10-13)18-9-3-6-16(18)19/h2,4-5,7-8,10H,3,6,9,11H2,1H3. The van der Waals surface area contributed by atoms with E-state index >= 15 is 0 Å². The summed E-state index contributed by atoms with van der Waals surface area (Å²) in [5, 5.41) is 0. The molecule has 1 saturated heterocycles. The molecule has 1 aromatic heterocycles. The van der Waals surface area contributed by atoms with Crippen molar-refractivity contribution in [2.45, 2.75) is 19.4 Å². The number of hydrogen-bond donors (Lipinski definition) is 0. The molecule has 0 N–H and O–H groups in total. The highest BCUT2D eigenvalue weighted by Gasteiger charge is 2.22. The van der Waals surface area contributed by atoms with Crippen LogP contribution in [0.25, 0.3) is 0 Å². The summed E-state index contributed by atoms with van der Waals surface area (Å²) in [4.78, 5) is 25.6. The average molecular weight is 315 g/mol. The number of amides is 1. The molecule has 6 nitrogen and oxygen atoms in total. The summed E-state index contributed by atoms with van der Waals surface area (Å²) < 4.78 is 15.6. The molecule has 0 aliphatic carbocycles. The maximum Gasteiger partial charge on any atom is 0.379 e. The van der Waals surface area contributed by atoms with Crippen molar-refractivity contribution in [1.29, 1.82) is 0 Å². The molecule has 1 fully saturated rings. The topological polar surface area (TPSA) is 69.0 Å². The number of furan rings is 1. The smallest absolute Gasteiger partial charge is 0.379 e. The van der Waals surface area contributed by atoms with Crippen LogP contribution >= 0.6 is 0 Å². The predicted octanol–water partition coefficient (Wildman–Crippen LogP) is 2.77. The van der Waals surface area contributed by atoms with Gasteiger partial charge in [0, 0.05) is 31.8 Å². The fourth-order valence-corrected chi connectivity index (χ4v) is 2.50. The molecule has 0 radical (unpaired) electrons. The van der Waals surface area contributed by atoms with Gasteiger partial charge in [0.15, 0.2) is 0 Å². The first-order chi connectivity index (χ1) is 11.2. The van der Waals surface area contributed by atoms with E-state index in [0.717, 1.165) is 12.1 Å². The second-order valence-electron chi connectivity index (χ2n) is 5.23. The number of carbonyl (C=O) groups excluding carboxylic acids is 2. The van der Waals surface area contributed by atoms with Crippen LogP contribution in [0.5, 0.6) is 5.75 Å². The molecule has 6 heteroatoms. The van der Waals surface area contributed by atoms with Crippen LogP contribution in [0.3, 0.4) is 0 Å². The third kappa shape index (κ3) is 3.43. The van der Waals surface area contributed by atoms with E-state index in [1.54, 1.807) is 42.3 Å². The summed E-state index contributed by atoms with van der Waals surface area (Å²) in [6, 6.07) is 10.1. The van der Waals surface area contributed by atoms with Crippen molar-refractivity contribution in [2.24, 2.45) is 0 Å². The average Bonchev–Trinajstić information content (AvgIpc) is 3.17. The van der Waals surface area contributed by atoms with Gasteiger partial charge in [0.1, 0.15) is 18.1 Å². The Morgan fingerprint density at radius 2 is 2.17 bits per heavy atom. The third-order valence-electron chi connectivity index (χ3n) is 3.56. The molecule has 0 atom stereocenters. The van der Waals surface area contributed by atoms with Gasteiger partial charge in [-0.2, -0.15) is 0 Å². The number of rotatable bonds is 5. The van der Waals surface area contributed by atoms with E-state index in [4.69, 9.17) is 13.9 Å². The number of esters is 1. The SMILES string of the molecule is COCc1ccc(C(=O)Oc2cccc(N3CCCC3=O)c2)o1.